The Morgan fingerprint density at radius 2 is 1.88 bits per heavy atom. The van der Waals surface area contributed by atoms with Crippen molar-refractivity contribution in [2.24, 2.45) is 23.7 Å². The summed E-state index contributed by atoms with van der Waals surface area (Å²) >= 11 is 0. The average Bonchev–Trinajstić information content (AvgIpc) is 2.94. The number of piperidine rings is 1. The molecule has 2 fully saturated rings. The van der Waals surface area contributed by atoms with Gasteiger partial charge in [0.2, 0.25) is 11.8 Å². The molecule has 2 rings (SSSR count). The van der Waals surface area contributed by atoms with E-state index in [0.29, 0.717) is 31.5 Å². The Balaban J connectivity index is 1.69. The fraction of sp³-hybridized carbons (Fsp3) is 0.895. The Bertz CT molecular complexity index is 447. The molecule has 2 aliphatic rings. The Labute approximate surface area is 151 Å². The van der Waals surface area contributed by atoms with E-state index in [1.807, 2.05) is 4.90 Å². The second-order valence-electron chi connectivity index (χ2n) is 8.24. The summed E-state index contributed by atoms with van der Waals surface area (Å²) in [5.41, 5.74) is 0. The molecule has 0 radical (unpaired) electrons. The SMILES string of the molecule is CC(C)CCNC(=O)C1CCN(C(=O)CN2C[C@@H](CO)[C@H](C)C2)CC1. The number of aliphatic hydroxyl groups is 1. The molecule has 0 aromatic carbocycles. The third-order valence-corrected chi connectivity index (χ3v) is 5.68. The topological polar surface area (TPSA) is 72.9 Å². The number of nitrogens with one attached hydrogen (secondary N) is 1. The number of nitrogens with zero attached hydrogens (tertiary/aromatic N) is 2. The minimum absolute atomic E-state index is 0.0433. The van der Waals surface area contributed by atoms with Crippen LogP contribution in [0.15, 0.2) is 0 Å². The number of hydrogen-bond donors (Lipinski definition) is 2. The van der Waals surface area contributed by atoms with Crippen LogP contribution < -0.4 is 5.32 Å². The highest BCUT2D eigenvalue weighted by atomic mass is 16.3. The van der Waals surface area contributed by atoms with Crippen LogP contribution in [0.1, 0.15) is 40.0 Å². The van der Waals surface area contributed by atoms with Crippen LogP contribution in [0.3, 0.4) is 0 Å². The molecule has 0 aromatic heterocycles. The van der Waals surface area contributed by atoms with E-state index in [4.69, 9.17) is 0 Å². The second-order valence-corrected chi connectivity index (χ2v) is 8.24. The molecule has 2 N–H and O–H groups in total. The van der Waals surface area contributed by atoms with Gasteiger partial charge in [0.15, 0.2) is 0 Å². The van der Waals surface area contributed by atoms with Crippen molar-refractivity contribution in [3.8, 4) is 0 Å². The summed E-state index contributed by atoms with van der Waals surface area (Å²) in [6.07, 6.45) is 2.52. The van der Waals surface area contributed by atoms with Crippen molar-refractivity contribution in [2.45, 2.75) is 40.0 Å². The fourth-order valence-electron chi connectivity index (χ4n) is 3.82. The van der Waals surface area contributed by atoms with E-state index >= 15 is 0 Å². The Kier molecular flexibility index (Phi) is 7.69. The molecule has 6 nitrogen and oxygen atoms in total. The van der Waals surface area contributed by atoms with Crippen LogP contribution in [0.25, 0.3) is 0 Å². The number of carbonyl (C=O) groups is 2. The monoisotopic (exact) mass is 353 g/mol. The van der Waals surface area contributed by atoms with E-state index in [1.54, 1.807) is 0 Å². The number of rotatable bonds is 7. The minimum Gasteiger partial charge on any atom is -0.396 e. The van der Waals surface area contributed by atoms with Gasteiger partial charge < -0.3 is 15.3 Å². The summed E-state index contributed by atoms with van der Waals surface area (Å²) in [5, 5.41) is 12.4. The summed E-state index contributed by atoms with van der Waals surface area (Å²) in [6.45, 7) is 10.9. The molecular formula is C19H35N3O3. The molecule has 2 amide bonds. The molecule has 0 bridgehead atoms. The molecular weight excluding hydrogens is 318 g/mol. The second kappa shape index (κ2) is 9.53. The lowest BCUT2D eigenvalue weighted by Gasteiger charge is -2.32. The molecule has 0 unspecified atom stereocenters. The van der Waals surface area contributed by atoms with Gasteiger partial charge in [-0.1, -0.05) is 20.8 Å². The van der Waals surface area contributed by atoms with Gasteiger partial charge in [0.1, 0.15) is 0 Å². The first-order valence-corrected chi connectivity index (χ1v) is 9.79. The molecule has 2 atom stereocenters. The Hall–Kier alpha value is -1.14. The summed E-state index contributed by atoms with van der Waals surface area (Å²) < 4.78 is 0. The van der Waals surface area contributed by atoms with Gasteiger partial charge in [0.25, 0.3) is 0 Å². The maximum absolute atomic E-state index is 12.5. The zero-order chi connectivity index (χ0) is 18.4. The highest BCUT2D eigenvalue weighted by molar-refractivity contribution is 5.80. The van der Waals surface area contributed by atoms with Gasteiger partial charge in [-0.05, 0) is 37.0 Å². The summed E-state index contributed by atoms with van der Waals surface area (Å²) in [5.74, 6) is 1.67. The lowest BCUT2D eigenvalue weighted by molar-refractivity contribution is -0.136. The van der Waals surface area contributed by atoms with Gasteiger partial charge in [0, 0.05) is 45.2 Å². The lowest BCUT2D eigenvalue weighted by atomic mass is 9.95. The molecule has 0 aliphatic carbocycles. The van der Waals surface area contributed by atoms with Crippen LogP contribution in [-0.2, 0) is 9.59 Å². The molecule has 2 heterocycles. The van der Waals surface area contributed by atoms with Gasteiger partial charge in [0.05, 0.1) is 6.54 Å². The fourth-order valence-corrected chi connectivity index (χ4v) is 3.82. The van der Waals surface area contributed by atoms with Crippen molar-refractivity contribution in [3.05, 3.63) is 0 Å². The zero-order valence-electron chi connectivity index (χ0n) is 16.0. The van der Waals surface area contributed by atoms with E-state index in [1.165, 1.54) is 0 Å². The summed E-state index contributed by atoms with van der Waals surface area (Å²) in [7, 11) is 0. The Morgan fingerprint density at radius 3 is 2.44 bits per heavy atom. The molecule has 0 spiro atoms. The van der Waals surface area contributed by atoms with Crippen molar-refractivity contribution >= 4 is 11.8 Å². The third-order valence-electron chi connectivity index (χ3n) is 5.68. The number of aliphatic hydroxyl groups excluding tert-OH is 1. The van der Waals surface area contributed by atoms with Gasteiger partial charge in [-0.25, -0.2) is 0 Å². The maximum Gasteiger partial charge on any atom is 0.236 e. The van der Waals surface area contributed by atoms with Crippen LogP contribution >= 0.6 is 0 Å². The Morgan fingerprint density at radius 1 is 1.20 bits per heavy atom. The summed E-state index contributed by atoms with van der Waals surface area (Å²) in [6, 6.07) is 0. The minimum atomic E-state index is 0.0433. The number of amides is 2. The predicted octanol–water partition coefficient (Wildman–Crippen LogP) is 0.948. The number of hydrogen-bond acceptors (Lipinski definition) is 4. The van der Waals surface area contributed by atoms with Gasteiger partial charge >= 0.3 is 0 Å². The molecule has 2 saturated heterocycles. The molecule has 0 aromatic rings. The first kappa shape index (κ1) is 20.2. The highest BCUT2D eigenvalue weighted by Crippen LogP contribution is 2.23. The average molecular weight is 354 g/mol. The van der Waals surface area contributed by atoms with Gasteiger partial charge in [-0.2, -0.15) is 0 Å². The predicted molar refractivity (Wildman–Crippen MR) is 97.9 cm³/mol. The standard InChI is InChI=1S/C19H35N3O3/c1-14(2)4-7-20-19(25)16-5-8-22(9-6-16)18(24)12-21-10-15(3)17(11-21)13-23/h14-17,23H,4-13H2,1-3H3,(H,20,25)/t15-,17+/m1/s1. The summed E-state index contributed by atoms with van der Waals surface area (Å²) in [4.78, 5) is 28.7. The maximum atomic E-state index is 12.5. The van der Waals surface area contributed by atoms with Gasteiger partial charge in [-0.3, -0.25) is 14.5 Å². The smallest absolute Gasteiger partial charge is 0.236 e. The van der Waals surface area contributed by atoms with Crippen molar-refractivity contribution in [2.75, 3.05) is 45.9 Å². The van der Waals surface area contributed by atoms with Crippen LogP contribution in [-0.4, -0.2) is 72.6 Å². The van der Waals surface area contributed by atoms with E-state index in [2.05, 4.69) is 31.0 Å². The highest BCUT2D eigenvalue weighted by Gasteiger charge is 2.32. The zero-order valence-corrected chi connectivity index (χ0v) is 16.0. The molecule has 144 valence electrons. The van der Waals surface area contributed by atoms with E-state index in [0.717, 1.165) is 38.9 Å². The van der Waals surface area contributed by atoms with Crippen molar-refractivity contribution in [3.63, 3.8) is 0 Å². The number of likely N-dealkylation sites (tertiary alicyclic amines) is 2. The molecule has 6 heteroatoms. The van der Waals surface area contributed by atoms with Crippen molar-refractivity contribution in [1.82, 2.24) is 15.1 Å². The van der Waals surface area contributed by atoms with Gasteiger partial charge in [-0.15, -0.1) is 0 Å². The van der Waals surface area contributed by atoms with E-state index < -0.39 is 0 Å². The molecule has 2 aliphatic heterocycles. The van der Waals surface area contributed by atoms with Crippen LogP contribution in [0, 0.1) is 23.7 Å². The van der Waals surface area contributed by atoms with Crippen LogP contribution in [0.4, 0.5) is 0 Å². The van der Waals surface area contributed by atoms with E-state index in [-0.39, 0.29) is 30.3 Å². The first-order valence-electron chi connectivity index (χ1n) is 9.79. The molecule has 0 saturated carbocycles. The third kappa shape index (κ3) is 5.96. The normalized spacial score (nSPS) is 25.6. The molecule has 25 heavy (non-hydrogen) atoms. The van der Waals surface area contributed by atoms with Crippen LogP contribution in [0.2, 0.25) is 0 Å². The van der Waals surface area contributed by atoms with Crippen molar-refractivity contribution < 1.29 is 14.7 Å². The quantitative estimate of drug-likeness (QED) is 0.715. The van der Waals surface area contributed by atoms with E-state index in [9.17, 15) is 14.7 Å². The van der Waals surface area contributed by atoms with Crippen LogP contribution in [0.5, 0.6) is 0 Å². The first-order chi connectivity index (χ1) is 11.9. The van der Waals surface area contributed by atoms with Crippen molar-refractivity contribution in [1.29, 1.82) is 0 Å². The largest absolute Gasteiger partial charge is 0.396 e. The number of carbonyl (C=O) groups excluding carboxylic acids is 2. The lowest BCUT2D eigenvalue weighted by Crippen LogP contribution is -2.46.